The molecule has 0 radical (unpaired) electrons. The summed E-state index contributed by atoms with van der Waals surface area (Å²) in [6.45, 7) is 8.44. The Bertz CT molecular complexity index is 614. The third kappa shape index (κ3) is 2.72. The van der Waals surface area contributed by atoms with Crippen LogP contribution < -0.4 is 15.3 Å². The fourth-order valence-corrected chi connectivity index (χ4v) is 2.18. The Morgan fingerprint density at radius 2 is 1.89 bits per heavy atom. The van der Waals surface area contributed by atoms with E-state index < -0.39 is 0 Å². The molecule has 2 aromatic rings. The molecule has 102 valence electrons. The summed E-state index contributed by atoms with van der Waals surface area (Å²) in [5.74, 6) is 0.583. The fraction of sp³-hybridized carbons (Fsp3) is 0.400. The van der Waals surface area contributed by atoms with Gasteiger partial charge >= 0.3 is 5.63 Å². The lowest BCUT2D eigenvalue weighted by Gasteiger charge is -2.21. The monoisotopic (exact) mass is 261 g/mol. The van der Waals surface area contributed by atoms with Gasteiger partial charge in [-0.25, -0.2) is 4.79 Å². The normalized spacial score (nSPS) is 10.7. The number of hydrogen-bond acceptors (Lipinski definition) is 4. The van der Waals surface area contributed by atoms with Crippen LogP contribution in [0.3, 0.4) is 0 Å². The minimum atomic E-state index is -0.382. The minimum Gasteiger partial charge on any atom is -0.493 e. The zero-order valence-corrected chi connectivity index (χ0v) is 11.6. The van der Waals surface area contributed by atoms with Crippen molar-refractivity contribution in [3.63, 3.8) is 0 Å². The first kappa shape index (κ1) is 13.5. The van der Waals surface area contributed by atoms with Crippen LogP contribution in [0.15, 0.2) is 33.5 Å². The van der Waals surface area contributed by atoms with E-state index in [4.69, 9.17) is 9.15 Å². The first-order chi connectivity index (χ1) is 9.19. The quantitative estimate of drug-likeness (QED) is 0.776. The molecule has 0 N–H and O–H groups in total. The van der Waals surface area contributed by atoms with Crippen molar-refractivity contribution in [2.45, 2.75) is 20.8 Å². The van der Waals surface area contributed by atoms with Crippen molar-refractivity contribution in [2.24, 2.45) is 0 Å². The van der Waals surface area contributed by atoms with E-state index in [1.54, 1.807) is 0 Å². The average Bonchev–Trinajstić information content (AvgIpc) is 2.40. The molecule has 4 nitrogen and oxygen atoms in total. The van der Waals surface area contributed by atoms with Crippen molar-refractivity contribution < 1.29 is 9.15 Å². The summed E-state index contributed by atoms with van der Waals surface area (Å²) < 4.78 is 10.7. The SMILES string of the molecule is CCOc1cc(=O)oc2cc(N(CC)CC)ccc12. The summed E-state index contributed by atoms with van der Waals surface area (Å²) in [6, 6.07) is 7.25. The van der Waals surface area contributed by atoms with E-state index in [0.717, 1.165) is 24.2 Å². The molecular weight excluding hydrogens is 242 g/mol. The van der Waals surface area contributed by atoms with Gasteiger partial charge < -0.3 is 14.1 Å². The van der Waals surface area contributed by atoms with Crippen molar-refractivity contribution in [3.05, 3.63) is 34.7 Å². The Hall–Kier alpha value is -1.97. The van der Waals surface area contributed by atoms with Crippen molar-refractivity contribution in [2.75, 3.05) is 24.6 Å². The van der Waals surface area contributed by atoms with Gasteiger partial charge in [0.05, 0.1) is 18.1 Å². The molecular formula is C15H19NO3. The van der Waals surface area contributed by atoms with Gasteiger partial charge in [-0.05, 0) is 32.9 Å². The highest BCUT2D eigenvalue weighted by Crippen LogP contribution is 2.27. The second kappa shape index (κ2) is 5.78. The molecule has 2 rings (SSSR count). The Morgan fingerprint density at radius 3 is 2.53 bits per heavy atom. The van der Waals surface area contributed by atoms with Crippen LogP contribution in [0.25, 0.3) is 11.0 Å². The lowest BCUT2D eigenvalue weighted by atomic mass is 10.2. The molecule has 0 fully saturated rings. The number of anilines is 1. The first-order valence-corrected chi connectivity index (χ1v) is 6.65. The highest BCUT2D eigenvalue weighted by molar-refractivity contribution is 5.86. The summed E-state index contributed by atoms with van der Waals surface area (Å²) in [4.78, 5) is 13.7. The van der Waals surface area contributed by atoms with E-state index >= 15 is 0 Å². The Labute approximate surface area is 112 Å². The molecule has 0 amide bonds. The number of fused-ring (bicyclic) bond motifs is 1. The lowest BCUT2D eigenvalue weighted by Crippen LogP contribution is -2.21. The summed E-state index contributed by atoms with van der Waals surface area (Å²) in [5, 5.41) is 0.831. The molecule has 1 aromatic heterocycles. The standard InChI is InChI=1S/C15H19NO3/c1-4-16(5-2)11-7-8-12-13(18-6-3)10-15(17)19-14(12)9-11/h7-10H,4-6H2,1-3H3. The van der Waals surface area contributed by atoms with Crippen LogP contribution in [0, 0.1) is 0 Å². The molecule has 4 heteroatoms. The van der Waals surface area contributed by atoms with Crippen molar-refractivity contribution >= 4 is 16.7 Å². The largest absolute Gasteiger partial charge is 0.493 e. The molecule has 0 unspecified atom stereocenters. The van der Waals surface area contributed by atoms with Crippen molar-refractivity contribution in [3.8, 4) is 5.75 Å². The molecule has 0 spiro atoms. The Kier molecular flexibility index (Phi) is 4.10. The van der Waals surface area contributed by atoms with E-state index in [-0.39, 0.29) is 5.63 Å². The highest BCUT2D eigenvalue weighted by Gasteiger charge is 2.09. The lowest BCUT2D eigenvalue weighted by molar-refractivity contribution is 0.341. The first-order valence-electron chi connectivity index (χ1n) is 6.65. The molecule has 1 heterocycles. The second-order valence-electron chi connectivity index (χ2n) is 4.22. The third-order valence-electron chi connectivity index (χ3n) is 3.12. The topological polar surface area (TPSA) is 42.7 Å². The van der Waals surface area contributed by atoms with E-state index in [2.05, 4.69) is 18.7 Å². The fourth-order valence-electron chi connectivity index (χ4n) is 2.18. The average molecular weight is 261 g/mol. The molecule has 19 heavy (non-hydrogen) atoms. The molecule has 0 aliphatic rings. The number of hydrogen-bond donors (Lipinski definition) is 0. The molecule has 0 aliphatic heterocycles. The molecule has 0 saturated heterocycles. The molecule has 0 aliphatic carbocycles. The van der Waals surface area contributed by atoms with Gasteiger partial charge in [0.2, 0.25) is 0 Å². The number of ether oxygens (including phenoxy) is 1. The second-order valence-corrected chi connectivity index (χ2v) is 4.22. The van der Waals surface area contributed by atoms with E-state index in [9.17, 15) is 4.79 Å². The van der Waals surface area contributed by atoms with Gasteiger partial charge in [-0.15, -0.1) is 0 Å². The zero-order valence-electron chi connectivity index (χ0n) is 11.6. The maximum absolute atomic E-state index is 11.5. The molecule has 1 aromatic carbocycles. The van der Waals surface area contributed by atoms with E-state index in [1.807, 2.05) is 25.1 Å². The maximum atomic E-state index is 11.5. The number of benzene rings is 1. The van der Waals surface area contributed by atoms with Crippen LogP contribution in [0.5, 0.6) is 5.75 Å². The number of rotatable bonds is 5. The summed E-state index contributed by atoms with van der Waals surface area (Å²) in [7, 11) is 0. The van der Waals surface area contributed by atoms with Gasteiger partial charge in [0.1, 0.15) is 11.3 Å². The van der Waals surface area contributed by atoms with Crippen LogP contribution in [0.2, 0.25) is 0 Å². The van der Waals surface area contributed by atoms with Gasteiger partial charge in [-0.2, -0.15) is 0 Å². The summed E-state index contributed by atoms with van der Waals surface area (Å²) in [6.07, 6.45) is 0. The molecule has 0 saturated carbocycles. The number of nitrogens with zero attached hydrogens (tertiary/aromatic N) is 1. The van der Waals surface area contributed by atoms with Gasteiger partial charge in [0.15, 0.2) is 0 Å². The van der Waals surface area contributed by atoms with E-state index in [0.29, 0.717) is 17.9 Å². The summed E-state index contributed by atoms with van der Waals surface area (Å²) >= 11 is 0. The summed E-state index contributed by atoms with van der Waals surface area (Å²) in [5.41, 5.74) is 1.24. The van der Waals surface area contributed by atoms with Crippen molar-refractivity contribution in [1.29, 1.82) is 0 Å². The highest BCUT2D eigenvalue weighted by atomic mass is 16.5. The zero-order chi connectivity index (χ0) is 13.8. The Balaban J connectivity index is 2.57. The minimum absolute atomic E-state index is 0.382. The van der Waals surface area contributed by atoms with Gasteiger partial charge in [0, 0.05) is 24.8 Å². The van der Waals surface area contributed by atoms with Crippen LogP contribution in [0.4, 0.5) is 5.69 Å². The van der Waals surface area contributed by atoms with Crippen LogP contribution >= 0.6 is 0 Å². The van der Waals surface area contributed by atoms with Crippen LogP contribution in [0.1, 0.15) is 20.8 Å². The van der Waals surface area contributed by atoms with Crippen molar-refractivity contribution in [1.82, 2.24) is 0 Å². The smallest absolute Gasteiger partial charge is 0.339 e. The third-order valence-corrected chi connectivity index (χ3v) is 3.12. The van der Waals surface area contributed by atoms with Crippen LogP contribution in [-0.2, 0) is 0 Å². The molecule has 0 bridgehead atoms. The van der Waals surface area contributed by atoms with Gasteiger partial charge in [0.25, 0.3) is 0 Å². The maximum Gasteiger partial charge on any atom is 0.339 e. The Morgan fingerprint density at radius 1 is 1.16 bits per heavy atom. The van der Waals surface area contributed by atoms with Gasteiger partial charge in [-0.3, -0.25) is 0 Å². The predicted molar refractivity (Wildman–Crippen MR) is 77.2 cm³/mol. The van der Waals surface area contributed by atoms with Gasteiger partial charge in [-0.1, -0.05) is 0 Å². The van der Waals surface area contributed by atoms with Crippen LogP contribution in [-0.4, -0.2) is 19.7 Å². The van der Waals surface area contributed by atoms with E-state index in [1.165, 1.54) is 6.07 Å². The predicted octanol–water partition coefficient (Wildman–Crippen LogP) is 3.04. The molecule has 0 atom stereocenters.